The van der Waals surface area contributed by atoms with Crippen molar-refractivity contribution in [3.8, 4) is 0 Å². The number of carbonyl (C=O) groups is 1. The second-order valence-corrected chi connectivity index (χ2v) is 6.08. The molecule has 2 N–H and O–H groups in total. The topological polar surface area (TPSA) is 83.0 Å². The number of aryl methyl sites for hydroxylation is 3. The molecule has 0 spiro atoms. The first-order valence-electron chi connectivity index (χ1n) is 6.82. The van der Waals surface area contributed by atoms with E-state index < -0.39 is 5.97 Å². The first-order valence-corrected chi connectivity index (χ1v) is 7.63. The van der Waals surface area contributed by atoms with Gasteiger partial charge in [-0.3, -0.25) is 0 Å². The lowest BCUT2D eigenvalue weighted by molar-refractivity contribution is 0.0521. The molecule has 114 valence electrons. The van der Waals surface area contributed by atoms with Crippen LogP contribution < -0.4 is 5.73 Å². The SMILES string of the molecule is CCOC(=O)c1nc(C)n(C(C)c2sc(C)nc2C)c1N. The van der Waals surface area contributed by atoms with Crippen molar-refractivity contribution in [1.29, 1.82) is 0 Å². The summed E-state index contributed by atoms with van der Waals surface area (Å²) in [7, 11) is 0. The normalized spacial score (nSPS) is 12.4. The fraction of sp³-hybridized carbons (Fsp3) is 0.500. The summed E-state index contributed by atoms with van der Waals surface area (Å²) >= 11 is 1.63. The van der Waals surface area contributed by atoms with Crippen molar-refractivity contribution >= 4 is 23.1 Å². The van der Waals surface area contributed by atoms with E-state index in [1.807, 2.05) is 32.3 Å². The fourth-order valence-electron chi connectivity index (χ4n) is 2.45. The molecule has 21 heavy (non-hydrogen) atoms. The predicted molar refractivity (Wildman–Crippen MR) is 82.7 cm³/mol. The average molecular weight is 308 g/mol. The third-order valence-corrected chi connectivity index (χ3v) is 4.54. The third-order valence-electron chi connectivity index (χ3n) is 3.30. The highest BCUT2D eigenvalue weighted by Gasteiger charge is 2.24. The largest absolute Gasteiger partial charge is 0.461 e. The van der Waals surface area contributed by atoms with E-state index in [9.17, 15) is 4.79 Å². The number of hydrogen-bond donors (Lipinski definition) is 1. The van der Waals surface area contributed by atoms with Crippen LogP contribution in [-0.4, -0.2) is 27.1 Å². The molecule has 2 aromatic heterocycles. The summed E-state index contributed by atoms with van der Waals surface area (Å²) in [5.41, 5.74) is 7.28. The Morgan fingerprint density at radius 1 is 1.38 bits per heavy atom. The molecule has 0 aliphatic rings. The molecular weight excluding hydrogens is 288 g/mol. The van der Waals surface area contributed by atoms with E-state index in [0.717, 1.165) is 15.6 Å². The zero-order chi connectivity index (χ0) is 15.7. The summed E-state index contributed by atoms with van der Waals surface area (Å²) in [5.74, 6) is 0.540. The predicted octanol–water partition coefficient (Wildman–Crippen LogP) is 2.63. The van der Waals surface area contributed by atoms with Crippen molar-refractivity contribution in [3.63, 3.8) is 0 Å². The molecule has 0 amide bonds. The van der Waals surface area contributed by atoms with Crippen LogP contribution in [-0.2, 0) is 4.74 Å². The smallest absolute Gasteiger partial charge is 0.360 e. The molecule has 0 fully saturated rings. The van der Waals surface area contributed by atoms with Gasteiger partial charge in [0.2, 0.25) is 0 Å². The Balaban J connectivity index is 2.45. The lowest BCUT2D eigenvalue weighted by atomic mass is 10.2. The highest BCUT2D eigenvalue weighted by Crippen LogP contribution is 2.31. The number of anilines is 1. The molecule has 0 saturated heterocycles. The molecule has 2 rings (SSSR count). The Morgan fingerprint density at radius 2 is 2.05 bits per heavy atom. The van der Waals surface area contributed by atoms with Crippen molar-refractivity contribution in [1.82, 2.24) is 14.5 Å². The molecule has 2 aromatic rings. The molecule has 0 radical (unpaired) electrons. The fourth-order valence-corrected chi connectivity index (χ4v) is 3.42. The number of thiazole rings is 1. The van der Waals surface area contributed by atoms with Crippen LogP contribution in [0.2, 0.25) is 0 Å². The first kappa shape index (κ1) is 15.5. The van der Waals surface area contributed by atoms with E-state index in [-0.39, 0.29) is 11.7 Å². The van der Waals surface area contributed by atoms with Gasteiger partial charge in [0, 0.05) is 0 Å². The number of nitrogen functional groups attached to an aromatic ring is 1. The molecule has 0 aliphatic carbocycles. The van der Waals surface area contributed by atoms with Gasteiger partial charge in [-0.1, -0.05) is 0 Å². The molecule has 0 saturated carbocycles. The van der Waals surface area contributed by atoms with Crippen molar-refractivity contribution in [2.75, 3.05) is 12.3 Å². The number of nitrogens with zero attached hydrogens (tertiary/aromatic N) is 3. The van der Waals surface area contributed by atoms with Gasteiger partial charge in [0.1, 0.15) is 11.6 Å². The quantitative estimate of drug-likeness (QED) is 0.878. The van der Waals surface area contributed by atoms with Crippen molar-refractivity contribution in [2.24, 2.45) is 0 Å². The van der Waals surface area contributed by atoms with Gasteiger partial charge in [-0.2, -0.15) is 0 Å². The molecule has 6 nitrogen and oxygen atoms in total. The van der Waals surface area contributed by atoms with Crippen LogP contribution in [0.25, 0.3) is 0 Å². The highest BCUT2D eigenvalue weighted by atomic mass is 32.1. The van der Waals surface area contributed by atoms with Crippen molar-refractivity contribution in [3.05, 3.63) is 27.1 Å². The molecule has 2 heterocycles. The standard InChI is InChI=1S/C14H20N4O2S/c1-6-20-14(19)11-13(15)18(9(4)17-11)8(3)12-7(2)16-10(5)21-12/h8H,6,15H2,1-5H3. The number of hydrogen-bond acceptors (Lipinski definition) is 6. The van der Waals surface area contributed by atoms with Gasteiger partial charge in [0.25, 0.3) is 0 Å². The molecule has 0 aliphatic heterocycles. The van der Waals surface area contributed by atoms with Crippen LogP contribution in [0.4, 0.5) is 5.82 Å². The van der Waals surface area contributed by atoms with Crippen LogP contribution in [0.5, 0.6) is 0 Å². The molecular formula is C14H20N4O2S. The Kier molecular flexibility index (Phi) is 4.32. The Morgan fingerprint density at radius 3 is 2.57 bits per heavy atom. The second-order valence-electron chi connectivity index (χ2n) is 4.84. The maximum atomic E-state index is 11.9. The summed E-state index contributed by atoms with van der Waals surface area (Å²) in [6.07, 6.45) is 0. The maximum Gasteiger partial charge on any atom is 0.360 e. The van der Waals surface area contributed by atoms with Crippen LogP contribution in [0, 0.1) is 20.8 Å². The number of ether oxygens (including phenoxy) is 1. The number of nitrogens with two attached hydrogens (primary N) is 1. The summed E-state index contributed by atoms with van der Waals surface area (Å²) in [5, 5.41) is 1.01. The van der Waals surface area contributed by atoms with E-state index in [1.165, 1.54) is 0 Å². The average Bonchev–Trinajstić information content (AvgIpc) is 2.89. The number of carbonyl (C=O) groups excluding carboxylic acids is 1. The van der Waals surface area contributed by atoms with E-state index in [0.29, 0.717) is 18.2 Å². The highest BCUT2D eigenvalue weighted by molar-refractivity contribution is 7.11. The minimum Gasteiger partial charge on any atom is -0.461 e. The molecule has 0 aromatic carbocycles. The minimum atomic E-state index is -0.485. The van der Waals surface area contributed by atoms with Gasteiger partial charge in [-0.05, 0) is 34.6 Å². The number of esters is 1. The second kappa shape index (κ2) is 5.85. The van der Waals surface area contributed by atoms with Gasteiger partial charge in [-0.15, -0.1) is 11.3 Å². The third kappa shape index (κ3) is 2.78. The van der Waals surface area contributed by atoms with Crippen molar-refractivity contribution < 1.29 is 9.53 Å². The Bertz CT molecular complexity index is 675. The first-order chi connectivity index (χ1) is 9.86. The molecule has 1 atom stereocenters. The van der Waals surface area contributed by atoms with Gasteiger partial charge in [0.05, 0.1) is 28.2 Å². The Hall–Kier alpha value is -1.89. The zero-order valence-electron chi connectivity index (χ0n) is 12.9. The van der Waals surface area contributed by atoms with Crippen LogP contribution >= 0.6 is 11.3 Å². The van der Waals surface area contributed by atoms with Crippen LogP contribution in [0.15, 0.2) is 0 Å². The van der Waals surface area contributed by atoms with Gasteiger partial charge in [0.15, 0.2) is 5.69 Å². The van der Waals surface area contributed by atoms with Gasteiger partial charge >= 0.3 is 5.97 Å². The summed E-state index contributed by atoms with van der Waals surface area (Å²) in [6, 6.07) is -0.0214. The van der Waals surface area contributed by atoms with E-state index >= 15 is 0 Å². The molecule has 7 heteroatoms. The summed E-state index contributed by atoms with van der Waals surface area (Å²) < 4.78 is 6.84. The van der Waals surface area contributed by atoms with Gasteiger partial charge in [-0.25, -0.2) is 14.8 Å². The number of aromatic nitrogens is 3. The minimum absolute atomic E-state index is 0.0214. The molecule has 1 unspecified atom stereocenters. The van der Waals surface area contributed by atoms with Gasteiger partial charge < -0.3 is 15.0 Å². The number of rotatable bonds is 4. The number of imidazole rings is 1. The van der Waals surface area contributed by atoms with E-state index in [1.54, 1.807) is 18.3 Å². The van der Waals surface area contributed by atoms with Crippen LogP contribution in [0.1, 0.15) is 51.8 Å². The summed E-state index contributed by atoms with van der Waals surface area (Å²) in [4.78, 5) is 21.7. The van der Waals surface area contributed by atoms with E-state index in [2.05, 4.69) is 9.97 Å². The maximum absolute atomic E-state index is 11.9. The van der Waals surface area contributed by atoms with Crippen LogP contribution in [0.3, 0.4) is 0 Å². The summed E-state index contributed by atoms with van der Waals surface area (Å²) in [6.45, 7) is 9.86. The zero-order valence-corrected chi connectivity index (χ0v) is 13.7. The monoisotopic (exact) mass is 308 g/mol. The van der Waals surface area contributed by atoms with E-state index in [4.69, 9.17) is 10.5 Å². The lowest BCUT2D eigenvalue weighted by Gasteiger charge is -2.16. The molecule has 0 bridgehead atoms. The van der Waals surface area contributed by atoms with Crippen molar-refractivity contribution in [2.45, 2.75) is 40.7 Å². The lowest BCUT2D eigenvalue weighted by Crippen LogP contribution is -2.13. The Labute approximate surface area is 128 Å².